The normalized spacial score (nSPS) is 22.8. The molecule has 3 heterocycles. The number of carbonyl (C=O) groups excluding carboxylic acids is 1. The van der Waals surface area contributed by atoms with Gasteiger partial charge in [0.1, 0.15) is 0 Å². The number of amides is 1. The maximum absolute atomic E-state index is 13.1. The van der Waals surface area contributed by atoms with Gasteiger partial charge in [-0.15, -0.1) is 0 Å². The number of fused-ring (bicyclic) bond motifs is 2. The molecule has 0 N–H and O–H groups in total. The van der Waals surface area contributed by atoms with Crippen molar-refractivity contribution in [3.05, 3.63) is 36.0 Å². The molecule has 0 spiro atoms. The highest BCUT2D eigenvalue weighted by Crippen LogP contribution is 2.25. The van der Waals surface area contributed by atoms with Crippen LogP contribution in [-0.4, -0.2) is 52.5 Å². The van der Waals surface area contributed by atoms with Crippen LogP contribution in [0.3, 0.4) is 0 Å². The van der Waals surface area contributed by atoms with E-state index in [0.717, 1.165) is 42.5 Å². The highest BCUT2D eigenvalue weighted by Gasteiger charge is 2.31. The van der Waals surface area contributed by atoms with Crippen molar-refractivity contribution in [2.45, 2.75) is 25.3 Å². The van der Waals surface area contributed by atoms with Gasteiger partial charge in [-0.25, -0.2) is 0 Å². The fourth-order valence-corrected chi connectivity index (χ4v) is 4.07. The molecule has 1 atom stereocenters. The van der Waals surface area contributed by atoms with Gasteiger partial charge in [0.25, 0.3) is 5.91 Å². The molecular formula is C18H23N3O. The smallest absolute Gasteiger partial charge is 0.256 e. The van der Waals surface area contributed by atoms with E-state index >= 15 is 0 Å². The molecule has 1 aromatic heterocycles. The lowest BCUT2D eigenvalue weighted by Gasteiger charge is -2.25. The summed E-state index contributed by atoms with van der Waals surface area (Å²) in [6.45, 7) is 4.13. The molecule has 1 amide bonds. The van der Waals surface area contributed by atoms with E-state index in [4.69, 9.17) is 0 Å². The number of carbonyl (C=O) groups is 1. The maximum Gasteiger partial charge on any atom is 0.256 e. The lowest BCUT2D eigenvalue weighted by molar-refractivity contribution is 0.0745. The van der Waals surface area contributed by atoms with E-state index < -0.39 is 0 Å². The number of benzene rings is 1. The molecule has 0 radical (unpaired) electrons. The Hall–Kier alpha value is -1.81. The number of hydrogen-bond donors (Lipinski definition) is 0. The third-order valence-electron chi connectivity index (χ3n) is 5.22. The monoisotopic (exact) mass is 297 g/mol. The summed E-state index contributed by atoms with van der Waals surface area (Å²) in [5.74, 6) is 0.200. The van der Waals surface area contributed by atoms with Crippen molar-refractivity contribution in [1.82, 2.24) is 14.4 Å². The van der Waals surface area contributed by atoms with Crippen molar-refractivity contribution >= 4 is 16.8 Å². The van der Waals surface area contributed by atoms with Crippen LogP contribution in [-0.2, 0) is 7.05 Å². The first kappa shape index (κ1) is 13.8. The third kappa shape index (κ3) is 2.22. The topological polar surface area (TPSA) is 28.5 Å². The SMILES string of the molecule is Cn1cc(C(=O)N2CCCN3CCCC3C2)c2ccccc21. The molecule has 0 bridgehead atoms. The largest absolute Gasteiger partial charge is 0.350 e. The van der Waals surface area contributed by atoms with Gasteiger partial charge >= 0.3 is 0 Å². The van der Waals surface area contributed by atoms with Crippen LogP contribution in [0.15, 0.2) is 30.5 Å². The van der Waals surface area contributed by atoms with Crippen LogP contribution in [0, 0.1) is 0 Å². The Morgan fingerprint density at radius 2 is 1.95 bits per heavy atom. The maximum atomic E-state index is 13.1. The van der Waals surface area contributed by atoms with Gasteiger partial charge in [-0.1, -0.05) is 18.2 Å². The molecule has 116 valence electrons. The highest BCUT2D eigenvalue weighted by molar-refractivity contribution is 6.07. The molecule has 0 saturated carbocycles. The zero-order valence-corrected chi connectivity index (χ0v) is 13.2. The van der Waals surface area contributed by atoms with Crippen LogP contribution in [0.5, 0.6) is 0 Å². The van der Waals surface area contributed by atoms with E-state index in [1.807, 2.05) is 25.4 Å². The Morgan fingerprint density at radius 1 is 1.14 bits per heavy atom. The minimum atomic E-state index is 0.200. The molecule has 4 rings (SSSR count). The molecule has 2 aromatic rings. The van der Waals surface area contributed by atoms with E-state index in [1.54, 1.807) is 0 Å². The highest BCUT2D eigenvalue weighted by atomic mass is 16.2. The molecular weight excluding hydrogens is 274 g/mol. The summed E-state index contributed by atoms with van der Waals surface area (Å²) >= 11 is 0. The van der Waals surface area contributed by atoms with Crippen LogP contribution >= 0.6 is 0 Å². The number of hydrogen-bond acceptors (Lipinski definition) is 2. The van der Waals surface area contributed by atoms with Crippen LogP contribution in [0.25, 0.3) is 10.9 Å². The summed E-state index contributed by atoms with van der Waals surface area (Å²) in [5, 5.41) is 1.07. The molecule has 2 aliphatic rings. The first-order valence-electron chi connectivity index (χ1n) is 8.31. The zero-order valence-electron chi connectivity index (χ0n) is 13.2. The van der Waals surface area contributed by atoms with Gasteiger partial charge in [0.15, 0.2) is 0 Å². The second-order valence-corrected chi connectivity index (χ2v) is 6.61. The van der Waals surface area contributed by atoms with Gasteiger partial charge in [-0.05, 0) is 31.9 Å². The lowest BCUT2D eigenvalue weighted by Crippen LogP contribution is -2.39. The fourth-order valence-electron chi connectivity index (χ4n) is 4.07. The van der Waals surface area contributed by atoms with Crippen molar-refractivity contribution in [1.29, 1.82) is 0 Å². The van der Waals surface area contributed by atoms with E-state index in [0.29, 0.717) is 6.04 Å². The minimum absolute atomic E-state index is 0.200. The van der Waals surface area contributed by atoms with Crippen LogP contribution in [0.4, 0.5) is 0 Å². The van der Waals surface area contributed by atoms with Gasteiger partial charge in [0.2, 0.25) is 0 Å². The number of para-hydroxylation sites is 1. The summed E-state index contributed by atoms with van der Waals surface area (Å²) in [6.07, 6.45) is 5.59. The van der Waals surface area contributed by atoms with Crippen molar-refractivity contribution in [2.75, 3.05) is 26.2 Å². The molecule has 2 fully saturated rings. The molecule has 2 saturated heterocycles. The van der Waals surface area contributed by atoms with Gasteiger partial charge in [-0.2, -0.15) is 0 Å². The molecule has 22 heavy (non-hydrogen) atoms. The van der Waals surface area contributed by atoms with Crippen molar-refractivity contribution in [3.8, 4) is 0 Å². The number of aryl methyl sites for hydroxylation is 1. The van der Waals surface area contributed by atoms with Crippen LogP contribution in [0.1, 0.15) is 29.6 Å². The Morgan fingerprint density at radius 3 is 2.86 bits per heavy atom. The number of aromatic nitrogens is 1. The van der Waals surface area contributed by atoms with Crippen molar-refractivity contribution < 1.29 is 4.79 Å². The average molecular weight is 297 g/mol. The fraction of sp³-hybridized carbons (Fsp3) is 0.500. The molecule has 4 nitrogen and oxygen atoms in total. The summed E-state index contributed by atoms with van der Waals surface area (Å²) < 4.78 is 2.06. The average Bonchev–Trinajstić information content (AvgIpc) is 3.05. The Kier molecular flexibility index (Phi) is 3.41. The first-order chi connectivity index (χ1) is 10.7. The Labute approximate surface area is 131 Å². The van der Waals surface area contributed by atoms with Gasteiger partial charge in [0, 0.05) is 49.8 Å². The minimum Gasteiger partial charge on any atom is -0.350 e. The van der Waals surface area contributed by atoms with E-state index in [9.17, 15) is 4.79 Å². The second kappa shape index (κ2) is 5.43. The number of nitrogens with zero attached hydrogens (tertiary/aromatic N) is 3. The third-order valence-corrected chi connectivity index (χ3v) is 5.22. The number of rotatable bonds is 1. The van der Waals surface area contributed by atoms with E-state index in [1.165, 1.54) is 19.4 Å². The quantitative estimate of drug-likeness (QED) is 0.809. The van der Waals surface area contributed by atoms with Gasteiger partial charge in [0.05, 0.1) is 5.56 Å². The second-order valence-electron chi connectivity index (χ2n) is 6.61. The molecule has 1 aromatic carbocycles. The predicted octanol–water partition coefficient (Wildman–Crippen LogP) is 2.49. The van der Waals surface area contributed by atoms with Crippen LogP contribution in [0.2, 0.25) is 0 Å². The zero-order chi connectivity index (χ0) is 15.1. The van der Waals surface area contributed by atoms with Gasteiger partial charge in [-0.3, -0.25) is 9.69 Å². The summed E-state index contributed by atoms with van der Waals surface area (Å²) in [5.41, 5.74) is 1.98. The van der Waals surface area contributed by atoms with E-state index in [2.05, 4.69) is 26.5 Å². The van der Waals surface area contributed by atoms with Gasteiger partial charge < -0.3 is 9.47 Å². The van der Waals surface area contributed by atoms with Crippen molar-refractivity contribution in [3.63, 3.8) is 0 Å². The first-order valence-corrected chi connectivity index (χ1v) is 8.31. The van der Waals surface area contributed by atoms with Crippen LogP contribution < -0.4 is 0 Å². The lowest BCUT2D eigenvalue weighted by atomic mass is 10.1. The summed E-state index contributed by atoms with van der Waals surface area (Å²) in [6, 6.07) is 8.75. The predicted molar refractivity (Wildman–Crippen MR) is 88.0 cm³/mol. The molecule has 4 heteroatoms. The standard InChI is InChI=1S/C18H23N3O/c1-19-13-16(15-7-2-3-8-17(15)19)18(22)21-11-5-10-20-9-4-6-14(20)12-21/h2-3,7-8,13-14H,4-6,9-12H2,1H3. The summed E-state index contributed by atoms with van der Waals surface area (Å²) in [7, 11) is 2.01. The Bertz CT molecular complexity index is 705. The molecule has 2 aliphatic heterocycles. The molecule has 1 unspecified atom stereocenters. The summed E-state index contributed by atoms with van der Waals surface area (Å²) in [4.78, 5) is 17.7. The van der Waals surface area contributed by atoms with E-state index in [-0.39, 0.29) is 5.91 Å². The Balaban J connectivity index is 1.65. The van der Waals surface area contributed by atoms with Crippen molar-refractivity contribution in [2.24, 2.45) is 7.05 Å². The molecule has 0 aliphatic carbocycles.